The van der Waals surface area contributed by atoms with Crippen molar-refractivity contribution in [2.45, 2.75) is 58.5 Å². The van der Waals surface area contributed by atoms with Crippen molar-refractivity contribution in [1.82, 2.24) is 5.32 Å². The van der Waals surface area contributed by atoms with E-state index in [0.717, 1.165) is 30.3 Å². The predicted molar refractivity (Wildman–Crippen MR) is 119 cm³/mol. The topological polar surface area (TPSA) is 39.7 Å². The Balaban J connectivity index is 1.56. The van der Waals surface area contributed by atoms with Gasteiger partial charge in [0.1, 0.15) is 25.1 Å². The number of benzene rings is 2. The molecule has 4 nitrogen and oxygen atoms in total. The second-order valence-electron chi connectivity index (χ2n) is 9.73. The minimum absolute atomic E-state index is 0.0110. The van der Waals surface area contributed by atoms with E-state index in [1.54, 1.807) is 0 Å². The van der Waals surface area contributed by atoms with Crippen molar-refractivity contribution in [3.05, 3.63) is 53.6 Å². The van der Waals surface area contributed by atoms with Gasteiger partial charge in [0.15, 0.2) is 11.5 Å². The highest BCUT2D eigenvalue weighted by Crippen LogP contribution is 2.39. The molecule has 1 aliphatic rings. The van der Waals surface area contributed by atoms with Crippen LogP contribution < -0.4 is 19.5 Å². The second kappa shape index (κ2) is 8.66. The first-order chi connectivity index (χ1) is 13.7. The largest absolute Gasteiger partial charge is 0.492 e. The molecular weight excluding hydrogens is 362 g/mol. The smallest absolute Gasteiger partial charge is 0.161 e. The first-order valence-corrected chi connectivity index (χ1v) is 10.5. The summed E-state index contributed by atoms with van der Waals surface area (Å²) in [7, 11) is 0. The van der Waals surface area contributed by atoms with Crippen LogP contribution in [0.5, 0.6) is 17.2 Å². The van der Waals surface area contributed by atoms with E-state index < -0.39 is 0 Å². The maximum absolute atomic E-state index is 6.33. The number of fused-ring (bicyclic) bond motifs is 1. The third-order valence-corrected chi connectivity index (χ3v) is 5.10. The van der Waals surface area contributed by atoms with Gasteiger partial charge in [-0.2, -0.15) is 0 Å². The molecule has 1 aliphatic heterocycles. The monoisotopic (exact) mass is 397 g/mol. The molecule has 2 aromatic rings. The molecule has 3 rings (SSSR count). The zero-order chi connectivity index (χ0) is 21.1. The molecule has 0 amide bonds. The zero-order valence-electron chi connectivity index (χ0n) is 18.7. The van der Waals surface area contributed by atoms with Crippen LogP contribution >= 0.6 is 0 Å². The molecule has 0 unspecified atom stereocenters. The Bertz CT molecular complexity index is 785. The molecule has 0 aliphatic carbocycles. The van der Waals surface area contributed by atoms with Crippen molar-refractivity contribution in [1.29, 1.82) is 0 Å². The Morgan fingerprint density at radius 1 is 0.897 bits per heavy atom. The van der Waals surface area contributed by atoms with Gasteiger partial charge in [-0.25, -0.2) is 0 Å². The molecule has 1 heterocycles. The van der Waals surface area contributed by atoms with Crippen LogP contribution in [0.15, 0.2) is 42.5 Å². The first-order valence-electron chi connectivity index (χ1n) is 10.5. The Kier molecular flexibility index (Phi) is 6.42. The summed E-state index contributed by atoms with van der Waals surface area (Å²) >= 11 is 0. The van der Waals surface area contributed by atoms with Gasteiger partial charge in [0.25, 0.3) is 0 Å². The highest BCUT2D eigenvalue weighted by Gasteiger charge is 2.26. The third kappa shape index (κ3) is 5.45. The zero-order valence-corrected chi connectivity index (χ0v) is 18.7. The van der Waals surface area contributed by atoms with Crippen LogP contribution in [0.1, 0.15) is 52.7 Å². The molecule has 158 valence electrons. The lowest BCUT2D eigenvalue weighted by Gasteiger charge is -2.29. The van der Waals surface area contributed by atoms with Crippen LogP contribution in [0, 0.1) is 0 Å². The molecule has 0 spiro atoms. The van der Waals surface area contributed by atoms with E-state index >= 15 is 0 Å². The van der Waals surface area contributed by atoms with Gasteiger partial charge in [0.05, 0.1) is 0 Å². The Labute approximate surface area is 175 Å². The van der Waals surface area contributed by atoms with Crippen LogP contribution in [-0.4, -0.2) is 32.4 Å². The van der Waals surface area contributed by atoms with Crippen LogP contribution in [0.25, 0.3) is 0 Å². The van der Waals surface area contributed by atoms with Gasteiger partial charge in [-0.3, -0.25) is 0 Å². The number of hydrogen-bond acceptors (Lipinski definition) is 4. The van der Waals surface area contributed by atoms with Gasteiger partial charge >= 0.3 is 0 Å². The lowest BCUT2D eigenvalue weighted by Crippen LogP contribution is -2.39. The molecule has 2 aromatic carbocycles. The highest BCUT2D eigenvalue weighted by atomic mass is 16.6. The van der Waals surface area contributed by atoms with Gasteiger partial charge in [-0.15, -0.1) is 0 Å². The summed E-state index contributed by atoms with van der Waals surface area (Å²) in [5, 5.41) is 3.44. The summed E-state index contributed by atoms with van der Waals surface area (Å²) in [5.41, 5.74) is 2.58. The second-order valence-corrected chi connectivity index (χ2v) is 9.73. The normalized spacial score (nSPS) is 16.6. The van der Waals surface area contributed by atoms with E-state index in [-0.39, 0.29) is 16.9 Å². The van der Waals surface area contributed by atoms with E-state index in [9.17, 15) is 0 Å². The molecule has 1 atom stereocenters. The molecule has 0 bridgehead atoms. The first kappa shape index (κ1) is 21.5. The lowest BCUT2D eigenvalue weighted by molar-refractivity contribution is 0.0897. The molecule has 29 heavy (non-hydrogen) atoms. The van der Waals surface area contributed by atoms with E-state index in [4.69, 9.17) is 14.2 Å². The molecule has 4 heteroatoms. The molecule has 0 saturated carbocycles. The van der Waals surface area contributed by atoms with Gasteiger partial charge in [-0.05, 0) is 34.1 Å². The SMILES string of the molecule is CC(C)(C)c1cccc(C(C)(C)C)c1OCCNC[C@H]1COc2ccccc2O1. The molecule has 1 N–H and O–H groups in total. The quantitative estimate of drug-likeness (QED) is 0.689. The van der Waals surface area contributed by atoms with Gasteiger partial charge in [0.2, 0.25) is 0 Å². The summed E-state index contributed by atoms with van der Waals surface area (Å²) in [6, 6.07) is 14.3. The van der Waals surface area contributed by atoms with Crippen LogP contribution in [0.3, 0.4) is 0 Å². The summed E-state index contributed by atoms with van der Waals surface area (Å²) in [6.07, 6.45) is 0.0110. The Morgan fingerprint density at radius 2 is 1.52 bits per heavy atom. The van der Waals surface area contributed by atoms with Gasteiger partial charge in [-0.1, -0.05) is 71.9 Å². The Morgan fingerprint density at radius 3 is 2.14 bits per heavy atom. The van der Waals surface area contributed by atoms with Crippen molar-refractivity contribution in [2.75, 3.05) is 26.3 Å². The molecule has 0 saturated heterocycles. The van der Waals surface area contributed by atoms with Crippen LogP contribution in [0.4, 0.5) is 0 Å². The lowest BCUT2D eigenvalue weighted by atomic mass is 9.79. The van der Waals surface area contributed by atoms with E-state index in [0.29, 0.717) is 13.2 Å². The van der Waals surface area contributed by atoms with E-state index in [2.05, 4.69) is 65.1 Å². The molecule has 0 fully saturated rings. The predicted octanol–water partition coefficient (Wildman–Crippen LogP) is 5.09. The summed E-state index contributed by atoms with van der Waals surface area (Å²) in [6.45, 7) is 16.1. The number of nitrogens with one attached hydrogen (secondary N) is 1. The van der Waals surface area contributed by atoms with E-state index in [1.807, 2.05) is 24.3 Å². The minimum Gasteiger partial charge on any atom is -0.492 e. The van der Waals surface area contributed by atoms with Crippen LogP contribution in [-0.2, 0) is 10.8 Å². The summed E-state index contributed by atoms with van der Waals surface area (Å²) in [4.78, 5) is 0. The fourth-order valence-electron chi connectivity index (χ4n) is 3.53. The molecular formula is C25H35NO3. The van der Waals surface area contributed by atoms with E-state index in [1.165, 1.54) is 11.1 Å². The number of hydrogen-bond donors (Lipinski definition) is 1. The fourth-order valence-corrected chi connectivity index (χ4v) is 3.53. The fraction of sp³-hybridized carbons (Fsp3) is 0.520. The summed E-state index contributed by atoms with van der Waals surface area (Å²) in [5.74, 6) is 2.66. The average Bonchev–Trinajstić information content (AvgIpc) is 2.66. The third-order valence-electron chi connectivity index (χ3n) is 5.10. The standard InChI is InChI=1S/C25H35NO3/c1-24(2,3)19-10-9-11-20(25(4,5)6)23(19)27-15-14-26-16-18-17-28-21-12-7-8-13-22(21)29-18/h7-13,18,26H,14-17H2,1-6H3/t18-/m0/s1. The van der Waals surface area contributed by atoms with Crippen LogP contribution in [0.2, 0.25) is 0 Å². The number of rotatable bonds is 6. The highest BCUT2D eigenvalue weighted by molar-refractivity contribution is 5.48. The average molecular weight is 398 g/mol. The van der Waals surface area contributed by atoms with Gasteiger partial charge in [0, 0.05) is 13.1 Å². The number of para-hydroxylation sites is 3. The maximum atomic E-state index is 6.33. The number of ether oxygens (including phenoxy) is 3. The molecule has 0 aromatic heterocycles. The summed E-state index contributed by atoms with van der Waals surface area (Å²) < 4.78 is 18.1. The molecule has 0 radical (unpaired) electrons. The minimum atomic E-state index is 0.0110. The maximum Gasteiger partial charge on any atom is 0.161 e. The van der Waals surface area contributed by atoms with Crippen molar-refractivity contribution in [3.8, 4) is 17.2 Å². The van der Waals surface area contributed by atoms with Crippen molar-refractivity contribution >= 4 is 0 Å². The van der Waals surface area contributed by atoms with Crippen molar-refractivity contribution < 1.29 is 14.2 Å². The van der Waals surface area contributed by atoms with Crippen molar-refractivity contribution in [3.63, 3.8) is 0 Å². The Hall–Kier alpha value is -2.20. The van der Waals surface area contributed by atoms with Crippen molar-refractivity contribution in [2.24, 2.45) is 0 Å². The van der Waals surface area contributed by atoms with Gasteiger partial charge < -0.3 is 19.5 Å².